The van der Waals surface area contributed by atoms with Gasteiger partial charge in [0.2, 0.25) is 5.91 Å². The summed E-state index contributed by atoms with van der Waals surface area (Å²) in [5.41, 5.74) is 0. The van der Waals surface area contributed by atoms with Crippen LogP contribution in [0.3, 0.4) is 0 Å². The molecule has 3 N–H and O–H groups in total. The zero-order valence-corrected chi connectivity index (χ0v) is 10.0. The molecule has 0 heterocycles. The lowest BCUT2D eigenvalue weighted by Gasteiger charge is -2.26. The van der Waals surface area contributed by atoms with Gasteiger partial charge in [-0.15, -0.1) is 0 Å². The van der Waals surface area contributed by atoms with Crippen LogP contribution in [0.25, 0.3) is 0 Å². The third-order valence-electron chi connectivity index (χ3n) is 2.53. The Morgan fingerprint density at radius 3 is 2.50 bits per heavy atom. The monoisotopic (exact) mass is 227 g/mol. The van der Waals surface area contributed by atoms with E-state index in [9.17, 15) is 9.59 Å². The van der Waals surface area contributed by atoms with Crippen molar-refractivity contribution in [1.82, 2.24) is 16.0 Å². The minimum atomic E-state index is -0.165. The number of urea groups is 1. The van der Waals surface area contributed by atoms with Gasteiger partial charge >= 0.3 is 6.03 Å². The van der Waals surface area contributed by atoms with Crippen molar-refractivity contribution >= 4 is 11.9 Å². The highest BCUT2D eigenvalue weighted by Crippen LogP contribution is 2.17. The molecule has 16 heavy (non-hydrogen) atoms. The average molecular weight is 227 g/mol. The van der Waals surface area contributed by atoms with E-state index in [1.165, 1.54) is 6.42 Å². The van der Waals surface area contributed by atoms with Crippen LogP contribution in [0.15, 0.2) is 0 Å². The maximum atomic E-state index is 11.3. The molecule has 0 aromatic carbocycles. The van der Waals surface area contributed by atoms with Crippen molar-refractivity contribution in [3.63, 3.8) is 0 Å². The highest BCUT2D eigenvalue weighted by Gasteiger charge is 2.18. The first-order valence-corrected chi connectivity index (χ1v) is 5.91. The van der Waals surface area contributed by atoms with Crippen LogP contribution < -0.4 is 16.0 Å². The van der Waals surface area contributed by atoms with Gasteiger partial charge in [-0.2, -0.15) is 0 Å². The summed E-state index contributed by atoms with van der Waals surface area (Å²) in [6.45, 7) is 4.21. The first kappa shape index (κ1) is 12.8. The molecule has 1 rings (SSSR count). The van der Waals surface area contributed by atoms with Crippen molar-refractivity contribution in [2.24, 2.45) is 0 Å². The molecule has 0 aromatic rings. The molecule has 0 aromatic heterocycles. The zero-order chi connectivity index (χ0) is 12.0. The van der Waals surface area contributed by atoms with E-state index >= 15 is 0 Å². The third-order valence-corrected chi connectivity index (χ3v) is 2.53. The van der Waals surface area contributed by atoms with Crippen LogP contribution in [-0.2, 0) is 4.79 Å². The molecular weight excluding hydrogens is 206 g/mol. The summed E-state index contributed by atoms with van der Waals surface area (Å²) < 4.78 is 0. The summed E-state index contributed by atoms with van der Waals surface area (Å²) >= 11 is 0. The summed E-state index contributed by atoms with van der Waals surface area (Å²) in [7, 11) is 0. The van der Waals surface area contributed by atoms with Gasteiger partial charge in [-0.3, -0.25) is 4.79 Å². The van der Waals surface area contributed by atoms with Gasteiger partial charge in [0.25, 0.3) is 0 Å². The van der Waals surface area contributed by atoms with E-state index in [1.54, 1.807) is 0 Å². The highest BCUT2D eigenvalue weighted by atomic mass is 16.2. The number of nitrogens with one attached hydrogen (secondary N) is 3. The molecule has 0 radical (unpaired) electrons. The van der Waals surface area contributed by atoms with Crippen LogP contribution in [0.5, 0.6) is 0 Å². The van der Waals surface area contributed by atoms with Crippen molar-refractivity contribution in [3.05, 3.63) is 0 Å². The van der Waals surface area contributed by atoms with Gasteiger partial charge < -0.3 is 16.0 Å². The smallest absolute Gasteiger partial charge is 0.315 e. The second-order valence-electron chi connectivity index (χ2n) is 4.50. The van der Waals surface area contributed by atoms with Crippen molar-refractivity contribution in [1.29, 1.82) is 0 Å². The van der Waals surface area contributed by atoms with Gasteiger partial charge in [0, 0.05) is 25.0 Å². The zero-order valence-electron chi connectivity index (χ0n) is 10.0. The number of hydrogen-bond acceptors (Lipinski definition) is 2. The molecular formula is C11H21N3O2. The third kappa shape index (κ3) is 5.00. The lowest BCUT2D eigenvalue weighted by molar-refractivity contribution is -0.121. The van der Waals surface area contributed by atoms with Crippen molar-refractivity contribution < 1.29 is 9.59 Å². The fourth-order valence-corrected chi connectivity index (χ4v) is 1.47. The molecule has 92 valence electrons. The minimum Gasteiger partial charge on any atom is -0.354 e. The second kappa shape index (κ2) is 6.35. The average Bonchev–Trinajstić information content (AvgIpc) is 2.10. The van der Waals surface area contributed by atoms with E-state index in [2.05, 4.69) is 16.0 Å². The summed E-state index contributed by atoms with van der Waals surface area (Å²) in [5.74, 6) is -0.0288. The lowest BCUT2D eigenvalue weighted by atomic mass is 9.93. The Kier molecular flexibility index (Phi) is 5.08. The Balaban J connectivity index is 2.01. The topological polar surface area (TPSA) is 70.2 Å². The van der Waals surface area contributed by atoms with E-state index in [-0.39, 0.29) is 18.0 Å². The van der Waals surface area contributed by atoms with E-state index in [4.69, 9.17) is 0 Å². The van der Waals surface area contributed by atoms with Crippen molar-refractivity contribution in [2.45, 2.75) is 51.6 Å². The molecule has 1 fully saturated rings. The highest BCUT2D eigenvalue weighted by molar-refractivity contribution is 5.78. The van der Waals surface area contributed by atoms with Crippen LogP contribution in [0.1, 0.15) is 39.5 Å². The first-order chi connectivity index (χ1) is 7.58. The maximum absolute atomic E-state index is 11.3. The van der Waals surface area contributed by atoms with E-state index in [0.717, 1.165) is 12.8 Å². The Hall–Kier alpha value is -1.26. The summed E-state index contributed by atoms with van der Waals surface area (Å²) in [4.78, 5) is 22.5. The standard InChI is InChI=1S/C11H21N3O2/c1-8(2)13-10(15)6-7-12-11(16)14-9-4-3-5-9/h8-9H,3-7H2,1-2H3,(H,13,15)(H2,12,14,16). The van der Waals surface area contributed by atoms with Gasteiger partial charge in [-0.25, -0.2) is 4.79 Å². The fraction of sp³-hybridized carbons (Fsp3) is 0.818. The van der Waals surface area contributed by atoms with Crippen molar-refractivity contribution in [2.75, 3.05) is 6.54 Å². The SMILES string of the molecule is CC(C)NC(=O)CCNC(=O)NC1CCC1. The summed E-state index contributed by atoms with van der Waals surface area (Å²) in [6.07, 6.45) is 3.67. The molecule has 5 heteroatoms. The first-order valence-electron chi connectivity index (χ1n) is 5.91. The van der Waals surface area contributed by atoms with E-state index < -0.39 is 0 Å². The Labute approximate surface area is 96.4 Å². The van der Waals surface area contributed by atoms with Crippen LogP contribution in [0.4, 0.5) is 4.79 Å². The normalized spacial score (nSPS) is 15.4. The van der Waals surface area contributed by atoms with E-state index in [1.807, 2.05) is 13.8 Å². The summed E-state index contributed by atoms with van der Waals surface area (Å²) in [5, 5.41) is 8.29. The predicted molar refractivity (Wildman–Crippen MR) is 62.1 cm³/mol. The Morgan fingerprint density at radius 1 is 1.31 bits per heavy atom. The minimum absolute atomic E-state index is 0.0288. The molecule has 0 unspecified atom stereocenters. The maximum Gasteiger partial charge on any atom is 0.315 e. The fourth-order valence-electron chi connectivity index (χ4n) is 1.47. The molecule has 0 bridgehead atoms. The van der Waals surface area contributed by atoms with Gasteiger partial charge in [-0.1, -0.05) is 0 Å². The molecule has 0 saturated heterocycles. The van der Waals surface area contributed by atoms with Crippen LogP contribution in [-0.4, -0.2) is 30.6 Å². The molecule has 1 aliphatic rings. The molecule has 1 aliphatic carbocycles. The van der Waals surface area contributed by atoms with Crippen LogP contribution in [0, 0.1) is 0 Å². The number of rotatable bonds is 5. The molecule has 0 atom stereocenters. The van der Waals surface area contributed by atoms with Gasteiger partial charge in [0.1, 0.15) is 0 Å². The van der Waals surface area contributed by atoms with Crippen LogP contribution >= 0.6 is 0 Å². The number of hydrogen-bond donors (Lipinski definition) is 3. The predicted octanol–water partition coefficient (Wildman–Crippen LogP) is 0.753. The van der Waals surface area contributed by atoms with Crippen molar-refractivity contribution in [3.8, 4) is 0 Å². The Bertz CT molecular complexity index is 250. The quantitative estimate of drug-likeness (QED) is 0.648. The molecule has 1 saturated carbocycles. The van der Waals surface area contributed by atoms with Crippen LogP contribution in [0.2, 0.25) is 0 Å². The lowest BCUT2D eigenvalue weighted by Crippen LogP contribution is -2.46. The number of amides is 3. The van der Waals surface area contributed by atoms with Gasteiger partial charge in [-0.05, 0) is 33.1 Å². The Morgan fingerprint density at radius 2 is 2.00 bits per heavy atom. The van der Waals surface area contributed by atoms with Gasteiger partial charge in [0.05, 0.1) is 0 Å². The van der Waals surface area contributed by atoms with E-state index in [0.29, 0.717) is 19.0 Å². The second-order valence-corrected chi connectivity index (χ2v) is 4.50. The molecule has 3 amide bonds. The number of carbonyl (C=O) groups excluding carboxylic acids is 2. The molecule has 0 aliphatic heterocycles. The summed E-state index contributed by atoms with van der Waals surface area (Å²) in [6, 6.07) is 0.322. The number of carbonyl (C=O) groups is 2. The van der Waals surface area contributed by atoms with Gasteiger partial charge in [0.15, 0.2) is 0 Å². The molecule has 5 nitrogen and oxygen atoms in total. The largest absolute Gasteiger partial charge is 0.354 e. The molecule has 0 spiro atoms.